The van der Waals surface area contributed by atoms with Gasteiger partial charge in [-0.15, -0.1) is 0 Å². The van der Waals surface area contributed by atoms with Gasteiger partial charge < -0.3 is 10.4 Å². The zero-order valence-corrected chi connectivity index (χ0v) is 25.0. The molecule has 1 aliphatic carbocycles. The molecule has 38 heavy (non-hydrogen) atoms. The third kappa shape index (κ3) is 9.08. The van der Waals surface area contributed by atoms with Crippen LogP contribution in [0.25, 0.3) is 11.1 Å². The van der Waals surface area contributed by atoms with Gasteiger partial charge in [-0.2, -0.15) is 23.5 Å². The Bertz CT molecular complexity index is 1040. The Hall–Kier alpha value is -1.92. The second-order valence-corrected chi connectivity index (χ2v) is 12.8. The van der Waals surface area contributed by atoms with Gasteiger partial charge in [0.15, 0.2) is 0 Å². The van der Waals surface area contributed by atoms with Crippen LogP contribution in [0.5, 0.6) is 0 Å². The van der Waals surface area contributed by atoms with E-state index in [2.05, 4.69) is 37.4 Å². The number of rotatable bonds is 15. The fourth-order valence-electron chi connectivity index (χ4n) is 5.47. The van der Waals surface area contributed by atoms with Crippen molar-refractivity contribution in [1.29, 1.82) is 0 Å². The quantitative estimate of drug-likeness (QED) is 0.216. The van der Waals surface area contributed by atoms with E-state index in [0.29, 0.717) is 23.0 Å². The highest BCUT2D eigenvalue weighted by atomic mass is 32.2. The number of carboxylic acids is 1. The number of carboxylic acid groups (broad SMARTS) is 1. The van der Waals surface area contributed by atoms with E-state index in [4.69, 9.17) is 0 Å². The lowest BCUT2D eigenvalue weighted by atomic mass is 9.86. The number of aliphatic carboxylic acids is 1. The molecule has 4 nitrogen and oxygen atoms in total. The van der Waals surface area contributed by atoms with Gasteiger partial charge in [0.1, 0.15) is 6.04 Å². The fraction of sp³-hybridized carbons (Fsp3) is 0.562. The number of unbranched alkanes of at least 4 members (excludes halogenated alkanes) is 1. The molecule has 2 N–H and O–H groups in total. The van der Waals surface area contributed by atoms with Crippen LogP contribution < -0.4 is 5.32 Å². The van der Waals surface area contributed by atoms with Crippen LogP contribution in [0.4, 0.5) is 0 Å². The molecule has 6 heteroatoms. The number of carbonyl (C=O) groups is 2. The minimum Gasteiger partial charge on any atom is -0.480 e. The first-order valence-corrected chi connectivity index (χ1v) is 16.7. The molecule has 0 aliphatic heterocycles. The number of hydrogen-bond acceptors (Lipinski definition) is 4. The molecule has 0 spiro atoms. The Morgan fingerprint density at radius 3 is 2.47 bits per heavy atom. The van der Waals surface area contributed by atoms with E-state index in [1.54, 1.807) is 11.8 Å². The van der Waals surface area contributed by atoms with Gasteiger partial charge in [-0.1, -0.05) is 82.2 Å². The molecule has 0 aromatic heterocycles. The van der Waals surface area contributed by atoms with Crippen molar-refractivity contribution in [3.05, 3.63) is 59.2 Å². The number of benzene rings is 2. The van der Waals surface area contributed by atoms with Crippen LogP contribution in [0.3, 0.4) is 0 Å². The van der Waals surface area contributed by atoms with E-state index in [-0.39, 0.29) is 5.91 Å². The van der Waals surface area contributed by atoms with E-state index in [1.807, 2.05) is 42.3 Å². The summed E-state index contributed by atoms with van der Waals surface area (Å²) in [7, 11) is 0. The first kappa shape index (κ1) is 30.6. The molecule has 1 aliphatic rings. The van der Waals surface area contributed by atoms with Gasteiger partial charge in [-0.3, -0.25) is 4.79 Å². The smallest absolute Gasteiger partial charge is 0.326 e. The molecule has 2 aromatic rings. The highest BCUT2D eigenvalue weighted by Gasteiger charge is 2.23. The van der Waals surface area contributed by atoms with Crippen LogP contribution in [-0.2, 0) is 4.79 Å². The first-order chi connectivity index (χ1) is 18.4. The predicted octanol–water partition coefficient (Wildman–Crippen LogP) is 8.53. The monoisotopic (exact) mass is 555 g/mol. The summed E-state index contributed by atoms with van der Waals surface area (Å²) in [6, 6.07) is 13.3. The summed E-state index contributed by atoms with van der Waals surface area (Å²) in [5, 5.41) is 12.8. The van der Waals surface area contributed by atoms with E-state index < -0.39 is 12.0 Å². The Morgan fingerprint density at radius 2 is 1.79 bits per heavy atom. The average Bonchev–Trinajstić information content (AvgIpc) is 2.93. The zero-order valence-electron chi connectivity index (χ0n) is 23.3. The molecular formula is C32H45NO3S2. The third-order valence-electron chi connectivity index (χ3n) is 7.73. The number of nitrogens with one attached hydrogen (secondary N) is 1. The van der Waals surface area contributed by atoms with Gasteiger partial charge in [0.25, 0.3) is 5.91 Å². The van der Waals surface area contributed by atoms with Crippen molar-refractivity contribution in [1.82, 2.24) is 5.32 Å². The molecule has 2 aromatic carbocycles. The molecule has 1 fully saturated rings. The number of carbonyl (C=O) groups excluding carboxylic acids is 1. The van der Waals surface area contributed by atoms with E-state index in [1.165, 1.54) is 56.9 Å². The molecule has 1 saturated carbocycles. The Labute approximate surface area is 238 Å². The number of thioether (sulfide) groups is 2. The zero-order chi connectivity index (χ0) is 27.3. The van der Waals surface area contributed by atoms with Crippen LogP contribution in [0, 0.1) is 12.8 Å². The number of amides is 1. The van der Waals surface area contributed by atoms with Crippen molar-refractivity contribution in [3.63, 3.8) is 0 Å². The van der Waals surface area contributed by atoms with Crippen molar-refractivity contribution in [2.75, 3.05) is 17.8 Å². The van der Waals surface area contributed by atoms with Gasteiger partial charge >= 0.3 is 5.97 Å². The fourth-order valence-corrected chi connectivity index (χ4v) is 7.17. The van der Waals surface area contributed by atoms with Crippen molar-refractivity contribution in [2.24, 2.45) is 5.92 Å². The highest BCUT2D eigenvalue weighted by molar-refractivity contribution is 7.99. The second-order valence-electron chi connectivity index (χ2n) is 10.5. The lowest BCUT2D eigenvalue weighted by molar-refractivity contribution is -0.139. The Balaban J connectivity index is 1.75. The summed E-state index contributed by atoms with van der Waals surface area (Å²) in [6.07, 6.45) is 14.5. The summed E-state index contributed by atoms with van der Waals surface area (Å²) < 4.78 is 0. The molecule has 0 bridgehead atoms. The molecule has 208 valence electrons. The minimum atomic E-state index is -0.993. The predicted molar refractivity (Wildman–Crippen MR) is 164 cm³/mol. The summed E-state index contributed by atoms with van der Waals surface area (Å²) in [4.78, 5) is 25.1. The summed E-state index contributed by atoms with van der Waals surface area (Å²) in [5.41, 5.74) is 4.76. The lowest BCUT2D eigenvalue weighted by Gasteiger charge is -2.22. The van der Waals surface area contributed by atoms with Crippen molar-refractivity contribution in [2.45, 2.75) is 89.3 Å². The van der Waals surface area contributed by atoms with Gasteiger partial charge in [0.05, 0.1) is 0 Å². The van der Waals surface area contributed by atoms with E-state index in [9.17, 15) is 14.7 Å². The standard InChI is InChI=1S/C32H45NO3S2/c1-4-30(38-20-11-10-15-24-13-6-5-7-14-24)25-17-18-27(28(22-25)26-16-9-8-12-23(26)2)31(34)33-29(32(35)36)19-21-37-3/h8-9,12,16-18,22,24,29-30H,4-7,10-11,13-15,19-21H2,1-3H3,(H,33,34)(H,35,36)/t29-,30?/m0/s1. The number of aryl methyl sites for hydroxylation is 1. The lowest BCUT2D eigenvalue weighted by Crippen LogP contribution is -2.41. The molecule has 1 unspecified atom stereocenters. The number of hydrogen-bond donors (Lipinski definition) is 2. The van der Waals surface area contributed by atoms with Crippen molar-refractivity contribution in [3.8, 4) is 11.1 Å². The molecule has 3 rings (SSSR count). The Kier molecular flexibility index (Phi) is 13.1. The largest absolute Gasteiger partial charge is 0.480 e. The van der Waals surface area contributed by atoms with Crippen LogP contribution in [0.15, 0.2) is 42.5 Å². The maximum absolute atomic E-state index is 13.4. The third-order valence-corrected chi connectivity index (χ3v) is 9.91. The molecule has 2 atom stereocenters. The van der Waals surface area contributed by atoms with Gasteiger partial charge in [-0.05, 0) is 84.3 Å². The van der Waals surface area contributed by atoms with Crippen LogP contribution in [0.1, 0.15) is 97.9 Å². The molecular weight excluding hydrogens is 510 g/mol. The summed E-state index contributed by atoms with van der Waals surface area (Å²) in [6.45, 7) is 4.29. The van der Waals surface area contributed by atoms with Crippen molar-refractivity contribution < 1.29 is 14.7 Å². The maximum Gasteiger partial charge on any atom is 0.326 e. The molecule has 0 saturated heterocycles. The maximum atomic E-state index is 13.4. The average molecular weight is 556 g/mol. The summed E-state index contributed by atoms with van der Waals surface area (Å²) >= 11 is 3.61. The topological polar surface area (TPSA) is 66.4 Å². The van der Waals surface area contributed by atoms with Crippen molar-refractivity contribution >= 4 is 35.4 Å². The van der Waals surface area contributed by atoms with Gasteiger partial charge in [0, 0.05) is 10.8 Å². The molecule has 1 amide bonds. The first-order valence-electron chi connectivity index (χ1n) is 14.3. The Morgan fingerprint density at radius 1 is 1.03 bits per heavy atom. The summed E-state index contributed by atoms with van der Waals surface area (Å²) in [5.74, 6) is 1.46. The van der Waals surface area contributed by atoms with Crippen LogP contribution in [-0.4, -0.2) is 40.8 Å². The van der Waals surface area contributed by atoms with Crippen LogP contribution >= 0.6 is 23.5 Å². The van der Waals surface area contributed by atoms with E-state index >= 15 is 0 Å². The molecule has 0 heterocycles. The highest BCUT2D eigenvalue weighted by Crippen LogP contribution is 2.37. The van der Waals surface area contributed by atoms with Crippen LogP contribution in [0.2, 0.25) is 0 Å². The SMILES string of the molecule is CCC(SCCCCC1CCCCC1)c1ccc(C(=O)N[C@@H](CCSC)C(=O)O)c(-c2ccccc2C)c1. The van der Waals surface area contributed by atoms with E-state index in [0.717, 1.165) is 34.8 Å². The second kappa shape index (κ2) is 16.2. The normalized spacial score (nSPS) is 15.7. The molecule has 0 radical (unpaired) electrons. The van der Waals surface area contributed by atoms with Gasteiger partial charge in [0.2, 0.25) is 0 Å². The van der Waals surface area contributed by atoms with Gasteiger partial charge in [-0.25, -0.2) is 4.79 Å². The minimum absolute atomic E-state index is 0.327.